The second kappa shape index (κ2) is 8.21. The first-order chi connectivity index (χ1) is 11.7. The Hall–Kier alpha value is -1.99. The molecule has 0 bridgehead atoms. The number of carbonyl (C=O) groups is 1. The first kappa shape index (κ1) is 16.9. The van der Waals surface area contributed by atoms with Gasteiger partial charge < -0.3 is 16.0 Å². The van der Waals surface area contributed by atoms with Crippen molar-refractivity contribution in [3.05, 3.63) is 40.9 Å². The minimum Gasteiger partial charge on any atom is -0.374 e. The van der Waals surface area contributed by atoms with E-state index in [1.807, 2.05) is 30.3 Å². The maximum Gasteiger partial charge on any atom is 0.222 e. The molecule has 1 saturated heterocycles. The number of nitrogen functional groups attached to an aromatic ring is 1. The molecular weight excluding hydrogens is 322 g/mol. The molecule has 1 aliphatic heterocycles. The summed E-state index contributed by atoms with van der Waals surface area (Å²) in [6.45, 7) is 3.01. The van der Waals surface area contributed by atoms with E-state index < -0.39 is 0 Å². The maximum absolute atomic E-state index is 12.4. The summed E-state index contributed by atoms with van der Waals surface area (Å²) in [6.07, 6.45) is 4.27. The van der Waals surface area contributed by atoms with Gasteiger partial charge in [-0.25, -0.2) is 0 Å². The van der Waals surface area contributed by atoms with Gasteiger partial charge in [-0.1, -0.05) is 48.1 Å². The Kier molecular flexibility index (Phi) is 5.77. The molecule has 0 spiro atoms. The van der Waals surface area contributed by atoms with Gasteiger partial charge in [0.15, 0.2) is 0 Å². The monoisotopic (exact) mass is 345 g/mol. The molecule has 128 valence electrons. The number of nitrogens with zero attached hydrogens (tertiary/aromatic N) is 3. The number of piperidine rings is 1. The van der Waals surface area contributed by atoms with E-state index in [4.69, 9.17) is 5.73 Å². The number of rotatable bonds is 6. The molecule has 7 heteroatoms. The van der Waals surface area contributed by atoms with Crippen molar-refractivity contribution < 1.29 is 4.79 Å². The normalized spacial score (nSPS) is 16.7. The number of hydrogen-bond donors (Lipinski definition) is 2. The third-order valence-electron chi connectivity index (χ3n) is 4.25. The number of likely N-dealkylation sites (tertiary alicyclic amines) is 1. The van der Waals surface area contributed by atoms with Crippen molar-refractivity contribution >= 4 is 22.4 Å². The van der Waals surface area contributed by atoms with Gasteiger partial charge in [-0.15, -0.1) is 10.2 Å². The molecule has 3 rings (SSSR count). The van der Waals surface area contributed by atoms with Crippen LogP contribution in [0.2, 0.25) is 0 Å². The fourth-order valence-corrected chi connectivity index (χ4v) is 3.66. The third kappa shape index (κ3) is 4.52. The zero-order valence-corrected chi connectivity index (χ0v) is 14.5. The topological polar surface area (TPSA) is 84.1 Å². The van der Waals surface area contributed by atoms with Gasteiger partial charge in [0.25, 0.3) is 0 Å². The Morgan fingerprint density at radius 1 is 1.21 bits per heavy atom. The van der Waals surface area contributed by atoms with Crippen molar-refractivity contribution in [2.24, 2.45) is 0 Å². The number of amides is 1. The van der Waals surface area contributed by atoms with Crippen LogP contribution in [0.15, 0.2) is 30.3 Å². The number of anilines is 1. The Morgan fingerprint density at radius 3 is 2.62 bits per heavy atom. The van der Waals surface area contributed by atoms with Gasteiger partial charge in [0.05, 0.1) is 0 Å². The molecule has 0 radical (unpaired) electrons. The summed E-state index contributed by atoms with van der Waals surface area (Å²) in [5.74, 6) is 0.0307. The molecule has 0 unspecified atom stereocenters. The van der Waals surface area contributed by atoms with Gasteiger partial charge in [-0.3, -0.25) is 4.79 Å². The third-order valence-corrected chi connectivity index (χ3v) is 5.06. The number of nitrogens with one attached hydrogen (secondary N) is 1. The highest BCUT2D eigenvalue weighted by molar-refractivity contribution is 7.15. The lowest BCUT2D eigenvalue weighted by Crippen LogP contribution is -2.35. The summed E-state index contributed by atoms with van der Waals surface area (Å²) in [4.78, 5) is 14.8. The molecule has 1 fully saturated rings. The molecule has 0 aliphatic carbocycles. The van der Waals surface area contributed by atoms with Crippen LogP contribution in [-0.4, -0.2) is 40.6 Å². The van der Waals surface area contributed by atoms with E-state index in [9.17, 15) is 4.79 Å². The molecule has 3 N–H and O–H groups in total. The number of hydrogen-bond acceptors (Lipinski definition) is 6. The summed E-state index contributed by atoms with van der Waals surface area (Å²) in [5, 5.41) is 12.2. The van der Waals surface area contributed by atoms with E-state index in [0.717, 1.165) is 25.2 Å². The summed E-state index contributed by atoms with van der Waals surface area (Å²) in [6, 6.07) is 9.52. The Balaban J connectivity index is 1.64. The standard InChI is InChI=1S/C17H23N5OS/c18-17-21-20-16(24-17)15(13-7-3-1-4-8-13)19-14(23)9-12-22-10-5-2-6-11-22/h1,3-4,7-8,15H,2,5-6,9-12H2,(H2,18,21)(H,19,23)/t15-/m1/s1. The number of nitrogens with two attached hydrogens (primary N) is 1. The molecule has 1 aliphatic rings. The van der Waals surface area contributed by atoms with Crippen LogP contribution in [0.25, 0.3) is 0 Å². The first-order valence-electron chi connectivity index (χ1n) is 8.38. The highest BCUT2D eigenvalue weighted by Crippen LogP contribution is 2.26. The molecule has 1 amide bonds. The van der Waals surface area contributed by atoms with Crippen LogP contribution in [0.3, 0.4) is 0 Å². The number of benzene rings is 1. The quantitative estimate of drug-likeness (QED) is 0.838. The van der Waals surface area contributed by atoms with Crippen molar-refractivity contribution in [2.75, 3.05) is 25.4 Å². The highest BCUT2D eigenvalue weighted by atomic mass is 32.1. The minimum absolute atomic E-state index is 0.0307. The summed E-state index contributed by atoms with van der Waals surface area (Å²) < 4.78 is 0. The molecule has 2 heterocycles. The average molecular weight is 345 g/mol. The Morgan fingerprint density at radius 2 is 1.96 bits per heavy atom. The molecule has 1 aromatic carbocycles. The predicted molar refractivity (Wildman–Crippen MR) is 95.7 cm³/mol. The SMILES string of the molecule is Nc1nnc([C@H](NC(=O)CCN2CCCCC2)c2ccccc2)s1. The van der Waals surface area contributed by atoms with Crippen molar-refractivity contribution in [1.29, 1.82) is 0 Å². The van der Waals surface area contributed by atoms with Crippen LogP contribution in [0.1, 0.15) is 42.3 Å². The number of carbonyl (C=O) groups excluding carboxylic acids is 1. The fourth-order valence-electron chi connectivity index (χ4n) is 2.97. The molecule has 1 atom stereocenters. The van der Waals surface area contributed by atoms with Crippen LogP contribution in [0.5, 0.6) is 0 Å². The van der Waals surface area contributed by atoms with Gasteiger partial charge in [0.1, 0.15) is 11.0 Å². The highest BCUT2D eigenvalue weighted by Gasteiger charge is 2.21. The Labute approximate surface area is 146 Å². The lowest BCUT2D eigenvalue weighted by atomic mass is 10.1. The van der Waals surface area contributed by atoms with E-state index in [1.165, 1.54) is 30.6 Å². The summed E-state index contributed by atoms with van der Waals surface area (Å²) >= 11 is 1.31. The van der Waals surface area contributed by atoms with E-state index in [0.29, 0.717) is 16.6 Å². The van der Waals surface area contributed by atoms with Crippen molar-refractivity contribution in [1.82, 2.24) is 20.4 Å². The number of aromatic nitrogens is 2. The molecule has 24 heavy (non-hydrogen) atoms. The molecule has 6 nitrogen and oxygen atoms in total. The average Bonchev–Trinajstić information content (AvgIpc) is 3.05. The van der Waals surface area contributed by atoms with Gasteiger partial charge in [-0.2, -0.15) is 0 Å². The Bertz CT molecular complexity index is 654. The zero-order chi connectivity index (χ0) is 16.8. The smallest absolute Gasteiger partial charge is 0.222 e. The van der Waals surface area contributed by atoms with Crippen LogP contribution < -0.4 is 11.1 Å². The van der Waals surface area contributed by atoms with Crippen LogP contribution in [-0.2, 0) is 4.79 Å². The van der Waals surface area contributed by atoms with Gasteiger partial charge in [-0.05, 0) is 31.5 Å². The van der Waals surface area contributed by atoms with Crippen molar-refractivity contribution in [3.8, 4) is 0 Å². The van der Waals surface area contributed by atoms with E-state index in [1.54, 1.807) is 0 Å². The van der Waals surface area contributed by atoms with Gasteiger partial charge in [0.2, 0.25) is 11.0 Å². The maximum atomic E-state index is 12.4. The van der Waals surface area contributed by atoms with Crippen molar-refractivity contribution in [3.63, 3.8) is 0 Å². The summed E-state index contributed by atoms with van der Waals surface area (Å²) in [7, 11) is 0. The van der Waals surface area contributed by atoms with E-state index in [2.05, 4.69) is 20.4 Å². The lowest BCUT2D eigenvalue weighted by molar-refractivity contribution is -0.122. The molecular formula is C17H23N5OS. The van der Waals surface area contributed by atoms with E-state index >= 15 is 0 Å². The second-order valence-electron chi connectivity index (χ2n) is 6.04. The predicted octanol–water partition coefficient (Wildman–Crippen LogP) is 2.20. The minimum atomic E-state index is -0.296. The van der Waals surface area contributed by atoms with Crippen LogP contribution >= 0.6 is 11.3 Å². The van der Waals surface area contributed by atoms with Crippen LogP contribution in [0, 0.1) is 0 Å². The lowest BCUT2D eigenvalue weighted by Gasteiger charge is -2.26. The first-order valence-corrected chi connectivity index (χ1v) is 9.19. The summed E-state index contributed by atoms with van der Waals surface area (Å²) in [5.41, 5.74) is 6.69. The van der Waals surface area contributed by atoms with Gasteiger partial charge >= 0.3 is 0 Å². The van der Waals surface area contributed by atoms with Crippen LogP contribution in [0.4, 0.5) is 5.13 Å². The molecule has 0 saturated carbocycles. The fraction of sp³-hybridized carbons (Fsp3) is 0.471. The van der Waals surface area contributed by atoms with Crippen molar-refractivity contribution in [2.45, 2.75) is 31.7 Å². The van der Waals surface area contributed by atoms with E-state index in [-0.39, 0.29) is 11.9 Å². The molecule has 1 aromatic heterocycles. The second-order valence-corrected chi connectivity index (χ2v) is 7.08. The largest absolute Gasteiger partial charge is 0.374 e. The molecule has 2 aromatic rings. The zero-order valence-electron chi connectivity index (χ0n) is 13.6. The van der Waals surface area contributed by atoms with Gasteiger partial charge in [0, 0.05) is 13.0 Å².